The van der Waals surface area contributed by atoms with Crippen molar-refractivity contribution in [2.75, 3.05) is 13.2 Å². The van der Waals surface area contributed by atoms with Crippen LogP contribution in [-0.2, 0) is 14.4 Å². The van der Waals surface area contributed by atoms with Gasteiger partial charge in [-0.25, -0.2) is 10.2 Å². The molecule has 0 unspecified atom stereocenters. The van der Waals surface area contributed by atoms with E-state index in [0.717, 1.165) is 5.56 Å². The molecule has 0 radical (unpaired) electrons. The molecule has 2 aromatic rings. The smallest absolute Gasteiger partial charge is 0.341 e. The highest BCUT2D eigenvalue weighted by atomic mass is 16.5. The molecule has 0 spiro atoms. The van der Waals surface area contributed by atoms with Crippen LogP contribution in [0.5, 0.6) is 11.5 Å². The number of nitrogens with one attached hydrogen (secondary N) is 2. The number of carbonyl (C=O) groups is 3. The number of hydrogen-bond acceptors (Lipinski definition) is 6. The number of nitrogens with zero attached hydrogens (tertiary/aromatic N) is 1. The summed E-state index contributed by atoms with van der Waals surface area (Å²) in [4.78, 5) is 34.6. The molecule has 0 aliphatic heterocycles. The summed E-state index contributed by atoms with van der Waals surface area (Å²) in [5, 5.41) is 15.1. The van der Waals surface area contributed by atoms with Gasteiger partial charge in [0, 0.05) is 0 Å². The van der Waals surface area contributed by atoms with Crippen molar-refractivity contribution < 1.29 is 29.0 Å². The topological polar surface area (TPSA) is 126 Å². The van der Waals surface area contributed by atoms with Gasteiger partial charge in [-0.2, -0.15) is 5.10 Å². The van der Waals surface area contributed by atoms with Gasteiger partial charge in [0.25, 0.3) is 0 Å². The minimum Gasteiger partial charge on any atom is -0.490 e. The number of ether oxygens (including phenoxy) is 2. The van der Waals surface area contributed by atoms with Crippen LogP contribution in [0.3, 0.4) is 0 Å². The van der Waals surface area contributed by atoms with Gasteiger partial charge >= 0.3 is 17.8 Å². The highest BCUT2D eigenvalue weighted by Crippen LogP contribution is 2.28. The molecule has 3 N–H and O–H groups in total. The predicted octanol–water partition coefficient (Wildman–Crippen LogP) is 1.88. The van der Waals surface area contributed by atoms with Crippen LogP contribution < -0.4 is 20.2 Å². The lowest BCUT2D eigenvalue weighted by molar-refractivity contribution is -0.139. The first-order chi connectivity index (χ1) is 14.4. The van der Waals surface area contributed by atoms with Crippen molar-refractivity contribution in [2.45, 2.75) is 19.9 Å². The third kappa shape index (κ3) is 6.93. The van der Waals surface area contributed by atoms with Crippen molar-refractivity contribution in [3.63, 3.8) is 0 Å². The first-order valence-electron chi connectivity index (χ1n) is 9.21. The normalized spacial score (nSPS) is 11.5. The van der Waals surface area contributed by atoms with Crippen molar-refractivity contribution in [3.8, 4) is 11.5 Å². The van der Waals surface area contributed by atoms with E-state index in [9.17, 15) is 14.4 Å². The highest BCUT2D eigenvalue weighted by Gasteiger charge is 2.16. The Balaban J connectivity index is 1.94. The second-order valence-corrected chi connectivity index (χ2v) is 6.13. The van der Waals surface area contributed by atoms with Gasteiger partial charge < -0.3 is 19.9 Å². The lowest BCUT2D eigenvalue weighted by Gasteiger charge is -2.13. The summed E-state index contributed by atoms with van der Waals surface area (Å²) in [5.41, 5.74) is 3.59. The molecule has 0 saturated carbocycles. The van der Waals surface area contributed by atoms with E-state index >= 15 is 0 Å². The number of benzene rings is 2. The second-order valence-electron chi connectivity index (χ2n) is 6.13. The molecule has 0 bridgehead atoms. The molecule has 9 heteroatoms. The van der Waals surface area contributed by atoms with E-state index in [-0.39, 0.29) is 11.8 Å². The number of amides is 2. The zero-order valence-corrected chi connectivity index (χ0v) is 16.6. The van der Waals surface area contributed by atoms with Gasteiger partial charge in [-0.05, 0) is 43.2 Å². The van der Waals surface area contributed by atoms with Crippen LogP contribution in [0.15, 0.2) is 53.6 Å². The minimum atomic E-state index is -1.11. The van der Waals surface area contributed by atoms with Gasteiger partial charge in [0.2, 0.25) is 0 Å². The zero-order chi connectivity index (χ0) is 21.9. The number of hydrogen-bond donors (Lipinski definition) is 3. The lowest BCUT2D eigenvalue weighted by Crippen LogP contribution is -2.39. The average Bonchev–Trinajstić information content (AvgIpc) is 2.73. The van der Waals surface area contributed by atoms with Crippen LogP contribution in [0, 0.1) is 0 Å². The monoisotopic (exact) mass is 413 g/mol. The molecule has 0 aromatic heterocycles. The molecule has 0 heterocycles. The summed E-state index contributed by atoms with van der Waals surface area (Å²) in [7, 11) is 0. The predicted molar refractivity (Wildman–Crippen MR) is 109 cm³/mol. The molecule has 0 aliphatic carbocycles. The maximum Gasteiger partial charge on any atom is 0.341 e. The molecule has 2 amide bonds. The van der Waals surface area contributed by atoms with E-state index < -0.39 is 24.4 Å². The van der Waals surface area contributed by atoms with Crippen LogP contribution in [0.25, 0.3) is 0 Å². The Kier molecular flexibility index (Phi) is 8.37. The number of carbonyl (C=O) groups excluding carboxylic acids is 2. The molecule has 1 atom stereocenters. The maximum absolute atomic E-state index is 12.0. The van der Waals surface area contributed by atoms with Gasteiger partial charge in [0.15, 0.2) is 18.1 Å². The number of carboxylic acids is 1. The van der Waals surface area contributed by atoms with Crippen molar-refractivity contribution in [2.24, 2.45) is 5.10 Å². The fourth-order valence-corrected chi connectivity index (χ4v) is 2.44. The number of aliphatic carboxylic acids is 1. The zero-order valence-electron chi connectivity index (χ0n) is 16.6. The summed E-state index contributed by atoms with van der Waals surface area (Å²) in [6.45, 7) is 3.39. The molecule has 30 heavy (non-hydrogen) atoms. The quantitative estimate of drug-likeness (QED) is 0.327. The average molecular weight is 413 g/mol. The second kappa shape index (κ2) is 11.2. The van der Waals surface area contributed by atoms with Crippen molar-refractivity contribution in [3.05, 3.63) is 59.7 Å². The van der Waals surface area contributed by atoms with Crippen LogP contribution >= 0.6 is 0 Å². The first-order valence-corrected chi connectivity index (χ1v) is 9.21. The van der Waals surface area contributed by atoms with E-state index in [1.807, 2.05) is 30.3 Å². The Morgan fingerprint density at radius 1 is 1.07 bits per heavy atom. The van der Waals surface area contributed by atoms with Crippen molar-refractivity contribution in [1.82, 2.24) is 10.7 Å². The van der Waals surface area contributed by atoms with Crippen molar-refractivity contribution >= 4 is 24.0 Å². The lowest BCUT2D eigenvalue weighted by atomic mass is 10.1. The van der Waals surface area contributed by atoms with Crippen LogP contribution in [-0.4, -0.2) is 42.3 Å². The van der Waals surface area contributed by atoms with Gasteiger partial charge in [0.1, 0.15) is 0 Å². The van der Waals surface area contributed by atoms with Gasteiger partial charge in [-0.3, -0.25) is 9.59 Å². The SMILES string of the molecule is CCOc1cc(/C=N\NC(=O)C(=O)N[C@H](C)c2ccccc2)ccc1OCC(=O)O. The molecule has 0 aliphatic rings. The van der Waals surface area contributed by atoms with E-state index in [1.165, 1.54) is 12.3 Å². The summed E-state index contributed by atoms with van der Waals surface area (Å²) < 4.78 is 10.6. The van der Waals surface area contributed by atoms with Crippen molar-refractivity contribution in [1.29, 1.82) is 0 Å². The van der Waals surface area contributed by atoms with E-state index in [0.29, 0.717) is 17.9 Å². The van der Waals surface area contributed by atoms with E-state index in [4.69, 9.17) is 14.6 Å². The summed E-state index contributed by atoms with van der Waals surface area (Å²) in [6, 6.07) is 13.6. The Morgan fingerprint density at radius 3 is 2.47 bits per heavy atom. The minimum absolute atomic E-state index is 0.273. The van der Waals surface area contributed by atoms with Crippen LogP contribution in [0.4, 0.5) is 0 Å². The molecule has 0 fully saturated rings. The van der Waals surface area contributed by atoms with Gasteiger partial charge in [-0.1, -0.05) is 30.3 Å². The van der Waals surface area contributed by atoms with E-state index in [2.05, 4.69) is 15.8 Å². The maximum atomic E-state index is 12.0. The molecule has 0 saturated heterocycles. The van der Waals surface area contributed by atoms with Crippen LogP contribution in [0.2, 0.25) is 0 Å². The summed E-state index contributed by atoms with van der Waals surface area (Å²) >= 11 is 0. The number of hydrazone groups is 1. The molecule has 2 aromatic carbocycles. The highest BCUT2D eigenvalue weighted by molar-refractivity contribution is 6.35. The number of rotatable bonds is 9. The Bertz CT molecular complexity index is 914. The molecular formula is C21H23N3O6. The van der Waals surface area contributed by atoms with Crippen LogP contribution in [0.1, 0.15) is 31.0 Å². The fourth-order valence-electron chi connectivity index (χ4n) is 2.44. The van der Waals surface area contributed by atoms with Gasteiger partial charge in [0.05, 0.1) is 18.9 Å². The first kappa shape index (κ1) is 22.4. The summed E-state index contributed by atoms with van der Waals surface area (Å²) in [6.07, 6.45) is 1.33. The molecule has 9 nitrogen and oxygen atoms in total. The molecule has 158 valence electrons. The summed E-state index contributed by atoms with van der Waals surface area (Å²) in [5.74, 6) is -2.21. The Labute approximate surface area is 173 Å². The largest absolute Gasteiger partial charge is 0.490 e. The fraction of sp³-hybridized carbons (Fsp3) is 0.238. The Morgan fingerprint density at radius 2 is 1.80 bits per heavy atom. The standard InChI is InChI=1S/C21H23N3O6/c1-3-29-18-11-15(9-10-17(18)30-13-19(25)26)12-22-24-21(28)20(27)23-14(2)16-7-5-4-6-8-16/h4-12,14H,3,13H2,1-2H3,(H,23,27)(H,24,28)(H,25,26)/b22-12-/t14-/m1/s1. The van der Waals surface area contributed by atoms with E-state index in [1.54, 1.807) is 26.0 Å². The van der Waals surface area contributed by atoms with Gasteiger partial charge in [-0.15, -0.1) is 0 Å². The molecule has 2 rings (SSSR count). The Hall–Kier alpha value is -3.88. The number of carboxylic acid groups (broad SMARTS) is 1. The molecular weight excluding hydrogens is 390 g/mol. The third-order valence-corrected chi connectivity index (χ3v) is 3.85. The third-order valence-electron chi connectivity index (χ3n) is 3.85.